The Kier molecular flexibility index (Phi) is 8.15. The highest BCUT2D eigenvalue weighted by molar-refractivity contribution is 6.30. The first kappa shape index (κ1) is 22.6. The molecule has 1 heterocycles. The standard InChI is InChI=1S/C26H33ClN2O/c1-4-8-24(21-11-13-22(27)14-12-21)28-25-17-29(16-15-19(25)3)18-26(30)23-10-7-6-9-20(23)5-2/h6-14,26,28,30H,4-5,15-18H2,1-3H3/b24-8+. The van der Waals surface area contributed by atoms with Crippen molar-refractivity contribution in [1.29, 1.82) is 0 Å². The summed E-state index contributed by atoms with van der Waals surface area (Å²) >= 11 is 6.07. The van der Waals surface area contributed by atoms with E-state index in [4.69, 9.17) is 11.6 Å². The zero-order valence-corrected chi connectivity index (χ0v) is 19.0. The molecule has 0 spiro atoms. The van der Waals surface area contributed by atoms with E-state index in [2.05, 4.69) is 61.3 Å². The fourth-order valence-corrected chi connectivity index (χ4v) is 4.10. The SMILES string of the molecule is CC/C=C(/NC1=C(C)CCN(CC(O)c2ccccc2CC)C1)c1ccc(Cl)cc1. The van der Waals surface area contributed by atoms with Crippen LogP contribution in [0.1, 0.15) is 56.4 Å². The molecule has 0 saturated carbocycles. The van der Waals surface area contributed by atoms with Gasteiger partial charge in [0.15, 0.2) is 0 Å². The van der Waals surface area contributed by atoms with Gasteiger partial charge in [0.25, 0.3) is 0 Å². The Labute approximate surface area is 186 Å². The van der Waals surface area contributed by atoms with E-state index in [1.54, 1.807) is 0 Å². The quantitative estimate of drug-likeness (QED) is 0.549. The van der Waals surface area contributed by atoms with Crippen LogP contribution in [0.5, 0.6) is 0 Å². The predicted molar refractivity (Wildman–Crippen MR) is 127 cm³/mol. The summed E-state index contributed by atoms with van der Waals surface area (Å²) in [6.45, 7) is 8.91. The summed E-state index contributed by atoms with van der Waals surface area (Å²) < 4.78 is 0. The third-order valence-corrected chi connectivity index (χ3v) is 6.03. The van der Waals surface area contributed by atoms with E-state index in [9.17, 15) is 5.11 Å². The Bertz CT molecular complexity index is 902. The Hall–Kier alpha value is -2.07. The molecule has 1 atom stereocenters. The molecule has 0 bridgehead atoms. The number of rotatable bonds is 8. The molecule has 2 N–H and O–H groups in total. The first-order valence-corrected chi connectivity index (χ1v) is 11.3. The van der Waals surface area contributed by atoms with Crippen LogP contribution in [0, 0.1) is 0 Å². The van der Waals surface area contributed by atoms with E-state index < -0.39 is 6.10 Å². The van der Waals surface area contributed by atoms with E-state index >= 15 is 0 Å². The van der Waals surface area contributed by atoms with Crippen LogP contribution in [0.25, 0.3) is 5.70 Å². The van der Waals surface area contributed by atoms with Crippen LogP contribution in [-0.4, -0.2) is 29.6 Å². The van der Waals surface area contributed by atoms with E-state index in [-0.39, 0.29) is 0 Å². The van der Waals surface area contributed by atoms with Crippen molar-refractivity contribution in [3.8, 4) is 0 Å². The van der Waals surface area contributed by atoms with Gasteiger partial charge in [0.05, 0.1) is 6.10 Å². The number of hydrogen-bond acceptors (Lipinski definition) is 3. The van der Waals surface area contributed by atoms with Gasteiger partial charge in [-0.15, -0.1) is 0 Å². The molecule has 2 aromatic rings. The summed E-state index contributed by atoms with van der Waals surface area (Å²) in [5, 5.41) is 15.3. The smallest absolute Gasteiger partial charge is 0.0919 e. The molecule has 0 radical (unpaired) electrons. The number of nitrogens with zero attached hydrogens (tertiary/aromatic N) is 1. The normalized spacial score (nSPS) is 16.6. The van der Waals surface area contributed by atoms with Crippen LogP contribution >= 0.6 is 11.6 Å². The van der Waals surface area contributed by atoms with E-state index in [0.717, 1.165) is 54.2 Å². The maximum absolute atomic E-state index is 10.9. The summed E-state index contributed by atoms with van der Waals surface area (Å²) in [4.78, 5) is 2.35. The molecule has 30 heavy (non-hydrogen) atoms. The maximum Gasteiger partial charge on any atom is 0.0919 e. The van der Waals surface area contributed by atoms with Crippen molar-refractivity contribution in [3.05, 3.63) is 87.6 Å². The average Bonchev–Trinajstić information content (AvgIpc) is 2.76. The van der Waals surface area contributed by atoms with Crippen molar-refractivity contribution in [2.24, 2.45) is 0 Å². The van der Waals surface area contributed by atoms with Gasteiger partial charge in [0, 0.05) is 36.1 Å². The van der Waals surface area contributed by atoms with E-state index in [0.29, 0.717) is 6.54 Å². The lowest BCUT2D eigenvalue weighted by Gasteiger charge is -2.32. The summed E-state index contributed by atoms with van der Waals surface area (Å²) in [6, 6.07) is 16.2. The third kappa shape index (κ3) is 5.75. The second-order valence-corrected chi connectivity index (χ2v) is 8.41. The second-order valence-electron chi connectivity index (χ2n) is 7.97. The van der Waals surface area contributed by atoms with Gasteiger partial charge < -0.3 is 10.4 Å². The van der Waals surface area contributed by atoms with Crippen LogP contribution in [-0.2, 0) is 6.42 Å². The minimum Gasteiger partial charge on any atom is -0.387 e. The van der Waals surface area contributed by atoms with Gasteiger partial charge in [0.2, 0.25) is 0 Å². The van der Waals surface area contributed by atoms with Gasteiger partial charge in [-0.3, -0.25) is 4.90 Å². The predicted octanol–water partition coefficient (Wildman–Crippen LogP) is 5.96. The molecule has 1 unspecified atom stereocenters. The number of nitrogens with one attached hydrogen (secondary N) is 1. The lowest BCUT2D eigenvalue weighted by molar-refractivity contribution is 0.114. The minimum absolute atomic E-state index is 0.470. The zero-order valence-electron chi connectivity index (χ0n) is 18.3. The lowest BCUT2D eigenvalue weighted by atomic mass is 9.99. The van der Waals surface area contributed by atoms with Crippen molar-refractivity contribution < 1.29 is 5.11 Å². The monoisotopic (exact) mass is 424 g/mol. The molecular formula is C26H33ClN2O. The van der Waals surface area contributed by atoms with Crippen molar-refractivity contribution in [2.75, 3.05) is 19.6 Å². The van der Waals surface area contributed by atoms with Gasteiger partial charge in [-0.2, -0.15) is 0 Å². The molecule has 0 aromatic heterocycles. The highest BCUT2D eigenvalue weighted by atomic mass is 35.5. The Morgan fingerprint density at radius 2 is 1.90 bits per heavy atom. The number of benzene rings is 2. The van der Waals surface area contributed by atoms with E-state index in [1.807, 2.05) is 24.3 Å². The average molecular weight is 425 g/mol. The number of allylic oxidation sites excluding steroid dienone is 1. The molecule has 2 aromatic carbocycles. The largest absolute Gasteiger partial charge is 0.387 e. The number of halogens is 1. The second kappa shape index (κ2) is 10.8. The molecule has 3 rings (SSSR count). The number of hydrogen-bond donors (Lipinski definition) is 2. The highest BCUT2D eigenvalue weighted by Crippen LogP contribution is 2.25. The molecule has 0 saturated heterocycles. The third-order valence-electron chi connectivity index (χ3n) is 5.78. The van der Waals surface area contributed by atoms with Crippen LogP contribution in [0.3, 0.4) is 0 Å². The lowest BCUT2D eigenvalue weighted by Crippen LogP contribution is -2.38. The summed E-state index contributed by atoms with van der Waals surface area (Å²) in [5.74, 6) is 0. The van der Waals surface area contributed by atoms with Gasteiger partial charge in [-0.05, 0) is 55.0 Å². The molecule has 1 aliphatic rings. The topological polar surface area (TPSA) is 35.5 Å². The summed E-state index contributed by atoms with van der Waals surface area (Å²) in [5.41, 5.74) is 7.13. The Morgan fingerprint density at radius 1 is 1.17 bits per heavy atom. The van der Waals surface area contributed by atoms with Crippen LogP contribution in [0.4, 0.5) is 0 Å². The number of aliphatic hydroxyl groups excluding tert-OH is 1. The van der Waals surface area contributed by atoms with Gasteiger partial charge in [-0.25, -0.2) is 0 Å². The summed E-state index contributed by atoms with van der Waals surface area (Å²) in [6.07, 6.45) is 4.64. The maximum atomic E-state index is 10.9. The molecular weight excluding hydrogens is 392 g/mol. The number of β-amino-alcohol motifs (C(OH)–C–C–N with tert-alkyl or cyclic N) is 1. The van der Waals surface area contributed by atoms with Gasteiger partial charge in [0.1, 0.15) is 0 Å². The number of aliphatic hydroxyl groups is 1. The molecule has 0 fully saturated rings. The van der Waals surface area contributed by atoms with Crippen LogP contribution in [0.2, 0.25) is 5.02 Å². The van der Waals surface area contributed by atoms with Crippen LogP contribution < -0.4 is 5.32 Å². The first-order valence-electron chi connectivity index (χ1n) is 10.9. The highest BCUT2D eigenvalue weighted by Gasteiger charge is 2.21. The molecule has 4 heteroatoms. The van der Waals surface area contributed by atoms with Crippen molar-refractivity contribution in [3.63, 3.8) is 0 Å². The molecule has 0 amide bonds. The van der Waals surface area contributed by atoms with Crippen molar-refractivity contribution in [2.45, 2.75) is 46.1 Å². The molecule has 0 aliphatic carbocycles. The fraction of sp³-hybridized carbons (Fsp3) is 0.385. The zero-order chi connectivity index (χ0) is 21.5. The molecule has 1 aliphatic heterocycles. The van der Waals surface area contributed by atoms with E-state index in [1.165, 1.54) is 16.8 Å². The van der Waals surface area contributed by atoms with Gasteiger partial charge >= 0.3 is 0 Å². The first-order chi connectivity index (χ1) is 14.5. The summed E-state index contributed by atoms with van der Waals surface area (Å²) in [7, 11) is 0. The van der Waals surface area contributed by atoms with Crippen molar-refractivity contribution >= 4 is 17.3 Å². The number of aryl methyl sites for hydroxylation is 1. The Balaban J connectivity index is 1.71. The molecule has 160 valence electrons. The molecule has 3 nitrogen and oxygen atoms in total. The Morgan fingerprint density at radius 3 is 2.60 bits per heavy atom. The van der Waals surface area contributed by atoms with Crippen LogP contribution in [0.15, 0.2) is 65.9 Å². The van der Waals surface area contributed by atoms with Crippen molar-refractivity contribution in [1.82, 2.24) is 10.2 Å². The fourth-order valence-electron chi connectivity index (χ4n) is 3.98. The van der Waals surface area contributed by atoms with Gasteiger partial charge in [-0.1, -0.05) is 73.5 Å². The minimum atomic E-state index is -0.470.